The molecule has 0 aromatic heterocycles. The summed E-state index contributed by atoms with van der Waals surface area (Å²) < 4.78 is 24.9. The van der Waals surface area contributed by atoms with Gasteiger partial charge in [-0.05, 0) is 73.5 Å². The van der Waals surface area contributed by atoms with Crippen LogP contribution in [0.5, 0.6) is 23.0 Å². The van der Waals surface area contributed by atoms with Gasteiger partial charge in [-0.3, -0.25) is 0 Å². The maximum atomic E-state index is 10.2. The lowest BCUT2D eigenvalue weighted by Crippen LogP contribution is -2.20. The molecule has 0 aliphatic carbocycles. The van der Waals surface area contributed by atoms with Crippen LogP contribution in [0.2, 0.25) is 0 Å². The van der Waals surface area contributed by atoms with Crippen molar-refractivity contribution >= 4 is 58.8 Å². The zero-order chi connectivity index (χ0) is 26.0. The topological polar surface area (TPSA) is 60.5 Å². The Labute approximate surface area is 247 Å². The monoisotopic (exact) mass is 612 g/mol. The molecule has 2 aromatic carbocycles. The Morgan fingerprint density at radius 2 is 1.29 bits per heavy atom. The number of hydrogen-bond acceptors (Lipinski definition) is 10. The van der Waals surface area contributed by atoms with E-state index in [4.69, 9.17) is 18.9 Å². The predicted molar refractivity (Wildman–Crippen MR) is 167 cm³/mol. The average molecular weight is 613 g/mol. The summed E-state index contributed by atoms with van der Waals surface area (Å²) in [5.41, 5.74) is 0. The summed E-state index contributed by atoms with van der Waals surface area (Å²) in [7, 11) is 0. The predicted octanol–water partition coefficient (Wildman–Crippen LogP) is 6.88. The lowest BCUT2D eigenvalue weighted by Gasteiger charge is -2.13. The number of benzene rings is 2. The number of aliphatic hydroxyl groups is 1. The number of hydrogen-bond donors (Lipinski definition) is 1. The minimum Gasteiger partial charge on any atom is -0.491 e. The van der Waals surface area contributed by atoms with E-state index in [2.05, 4.69) is 47.0 Å². The van der Waals surface area contributed by atoms with E-state index >= 15 is 0 Å². The molecule has 38 heavy (non-hydrogen) atoms. The highest BCUT2D eigenvalue weighted by molar-refractivity contribution is 8.20. The first-order chi connectivity index (χ1) is 18.7. The molecule has 10 heteroatoms. The molecule has 5 nitrogen and oxygen atoms in total. The third kappa shape index (κ3) is 9.85. The van der Waals surface area contributed by atoms with E-state index < -0.39 is 6.10 Å². The van der Waals surface area contributed by atoms with Crippen LogP contribution in [0.1, 0.15) is 19.3 Å². The highest BCUT2D eigenvalue weighted by Crippen LogP contribution is 2.38. The molecule has 3 saturated heterocycles. The molecule has 2 aromatic rings. The van der Waals surface area contributed by atoms with Gasteiger partial charge < -0.3 is 24.1 Å². The summed E-state index contributed by atoms with van der Waals surface area (Å²) >= 11 is 10.1. The Morgan fingerprint density at radius 3 is 1.92 bits per heavy atom. The lowest BCUT2D eigenvalue weighted by atomic mass is 10.2. The number of aliphatic hydroxyl groups excluding tert-OH is 1. The van der Waals surface area contributed by atoms with Crippen LogP contribution in [0.3, 0.4) is 0 Å². The van der Waals surface area contributed by atoms with Crippen molar-refractivity contribution in [1.82, 2.24) is 0 Å². The summed E-state index contributed by atoms with van der Waals surface area (Å²) in [6.07, 6.45) is 3.69. The number of epoxide rings is 1. The van der Waals surface area contributed by atoms with Gasteiger partial charge in [0.25, 0.3) is 0 Å². The van der Waals surface area contributed by atoms with E-state index in [0.29, 0.717) is 25.1 Å². The highest BCUT2D eigenvalue weighted by atomic mass is 32.2. The van der Waals surface area contributed by atoms with E-state index in [1.807, 2.05) is 60.3 Å². The van der Waals surface area contributed by atoms with E-state index in [1.165, 1.54) is 35.9 Å². The van der Waals surface area contributed by atoms with E-state index in [1.54, 1.807) is 0 Å². The zero-order valence-corrected chi connectivity index (χ0v) is 25.5. The molecule has 3 aliphatic rings. The largest absolute Gasteiger partial charge is 0.491 e. The van der Waals surface area contributed by atoms with E-state index in [-0.39, 0.29) is 6.10 Å². The fourth-order valence-electron chi connectivity index (χ4n) is 4.19. The van der Waals surface area contributed by atoms with Crippen molar-refractivity contribution in [3.05, 3.63) is 48.5 Å². The SMILES string of the molecule is OC(COc1ccc(Oc2ccc(OCC3OC3CCC3SCCS3)cc2)cc1)CSCCC1SCCS1. The van der Waals surface area contributed by atoms with Crippen LogP contribution >= 0.6 is 58.8 Å². The maximum absolute atomic E-state index is 10.2. The summed E-state index contributed by atoms with van der Waals surface area (Å²) in [5, 5.41) is 10.2. The maximum Gasteiger partial charge on any atom is 0.127 e. The van der Waals surface area contributed by atoms with Gasteiger partial charge in [0.05, 0.1) is 21.4 Å². The van der Waals surface area contributed by atoms with Gasteiger partial charge in [0.2, 0.25) is 0 Å². The lowest BCUT2D eigenvalue weighted by molar-refractivity contribution is 0.126. The second-order valence-corrected chi connectivity index (χ2v) is 16.3. The van der Waals surface area contributed by atoms with Crippen LogP contribution < -0.4 is 14.2 Å². The third-order valence-electron chi connectivity index (χ3n) is 6.30. The van der Waals surface area contributed by atoms with Crippen LogP contribution in [0.4, 0.5) is 0 Å². The molecule has 0 spiro atoms. The molecule has 3 heterocycles. The van der Waals surface area contributed by atoms with Gasteiger partial charge in [0, 0.05) is 28.8 Å². The van der Waals surface area contributed by atoms with Crippen LogP contribution in [0, 0.1) is 0 Å². The Bertz CT molecular complexity index is 951. The first-order valence-corrected chi connectivity index (χ1v) is 18.6. The second kappa shape index (κ2) is 15.5. The molecule has 3 aliphatic heterocycles. The van der Waals surface area contributed by atoms with Crippen LogP contribution in [0.25, 0.3) is 0 Å². The van der Waals surface area contributed by atoms with Crippen LogP contribution in [0.15, 0.2) is 48.5 Å². The Morgan fingerprint density at radius 1 is 0.737 bits per heavy atom. The van der Waals surface area contributed by atoms with Crippen molar-refractivity contribution in [3.8, 4) is 23.0 Å². The molecule has 3 fully saturated rings. The number of rotatable bonds is 16. The Balaban J connectivity index is 0.943. The summed E-state index contributed by atoms with van der Waals surface area (Å²) in [6.45, 7) is 0.899. The quantitative estimate of drug-likeness (QED) is 0.160. The first kappa shape index (κ1) is 29.0. The zero-order valence-electron chi connectivity index (χ0n) is 21.4. The average Bonchev–Trinajstić information content (AvgIpc) is 3.27. The van der Waals surface area contributed by atoms with Crippen LogP contribution in [-0.4, -0.2) is 80.3 Å². The molecule has 208 valence electrons. The van der Waals surface area contributed by atoms with Crippen molar-refractivity contribution in [1.29, 1.82) is 0 Å². The van der Waals surface area contributed by atoms with Crippen LogP contribution in [-0.2, 0) is 4.74 Å². The summed E-state index contributed by atoms with van der Waals surface area (Å²) in [4.78, 5) is 0. The summed E-state index contributed by atoms with van der Waals surface area (Å²) in [5.74, 6) is 9.96. The van der Waals surface area contributed by atoms with Crippen molar-refractivity contribution in [2.24, 2.45) is 0 Å². The van der Waals surface area contributed by atoms with Crippen molar-refractivity contribution in [2.45, 2.75) is 46.7 Å². The van der Waals surface area contributed by atoms with Gasteiger partial charge in [-0.1, -0.05) is 0 Å². The number of thioether (sulfide) groups is 5. The highest BCUT2D eigenvalue weighted by Gasteiger charge is 2.39. The molecule has 3 unspecified atom stereocenters. The fraction of sp³-hybridized carbons (Fsp3) is 0.571. The molecule has 3 atom stereocenters. The van der Waals surface area contributed by atoms with Crippen molar-refractivity contribution < 1.29 is 24.1 Å². The molecular weight excluding hydrogens is 577 g/mol. The van der Waals surface area contributed by atoms with Gasteiger partial charge in [0.15, 0.2) is 0 Å². The number of ether oxygens (including phenoxy) is 4. The van der Waals surface area contributed by atoms with Crippen molar-refractivity contribution in [2.75, 3.05) is 47.7 Å². The minimum atomic E-state index is -0.465. The smallest absolute Gasteiger partial charge is 0.127 e. The normalized spacial score (nSPS) is 22.4. The summed E-state index contributed by atoms with van der Waals surface area (Å²) in [6, 6.07) is 15.2. The first-order valence-electron chi connectivity index (χ1n) is 13.2. The van der Waals surface area contributed by atoms with Gasteiger partial charge >= 0.3 is 0 Å². The molecule has 0 bridgehead atoms. The van der Waals surface area contributed by atoms with Gasteiger partial charge in [-0.15, -0.1) is 47.0 Å². The molecule has 0 saturated carbocycles. The molecule has 1 N–H and O–H groups in total. The minimum absolute atomic E-state index is 0.225. The second-order valence-electron chi connectivity index (χ2n) is 9.32. The molecule has 5 rings (SSSR count). The Hall–Kier alpha value is -0.490. The van der Waals surface area contributed by atoms with Crippen molar-refractivity contribution in [3.63, 3.8) is 0 Å². The molecule has 0 amide bonds. The van der Waals surface area contributed by atoms with E-state index in [0.717, 1.165) is 44.3 Å². The molecular formula is C28H36O5S5. The van der Waals surface area contributed by atoms with Gasteiger partial charge in [-0.25, -0.2) is 0 Å². The fourth-order valence-corrected chi connectivity index (χ4v) is 11.1. The molecule has 0 radical (unpaired) electrons. The van der Waals surface area contributed by atoms with E-state index in [9.17, 15) is 5.11 Å². The Kier molecular flexibility index (Phi) is 11.8. The van der Waals surface area contributed by atoms with Gasteiger partial charge in [0.1, 0.15) is 42.3 Å². The third-order valence-corrected chi connectivity index (χ3v) is 13.8. The van der Waals surface area contributed by atoms with Gasteiger partial charge in [-0.2, -0.15) is 11.8 Å². The standard InChI is InChI=1S/C28H36O5S5/c29-20(19-34-12-11-28-37-15-16-38-28)17-30-21-1-5-23(6-2-21)32-24-7-3-22(4-8-24)31-18-26-25(33-26)9-10-27-35-13-14-36-27/h1-8,20,25-29H,9-19H2.